The smallest absolute Gasteiger partial charge is 0.233 e. The van der Waals surface area contributed by atoms with Crippen LogP contribution in [0.2, 0.25) is 0 Å². The van der Waals surface area contributed by atoms with Crippen molar-refractivity contribution in [3.63, 3.8) is 0 Å². The van der Waals surface area contributed by atoms with Gasteiger partial charge in [0.2, 0.25) is 17.7 Å². The Hall–Kier alpha value is -2.43. The summed E-state index contributed by atoms with van der Waals surface area (Å²) in [6.07, 6.45) is 5.21. The van der Waals surface area contributed by atoms with Gasteiger partial charge in [0.15, 0.2) is 0 Å². The molecular formula is C19H20N2O3. The molecule has 2 aliphatic carbocycles. The first-order valence-electron chi connectivity index (χ1n) is 8.45. The quantitative estimate of drug-likeness (QED) is 0.681. The van der Waals surface area contributed by atoms with E-state index in [1.165, 1.54) is 4.90 Å². The molecule has 5 heteroatoms. The summed E-state index contributed by atoms with van der Waals surface area (Å²) >= 11 is 0. The van der Waals surface area contributed by atoms with Crippen LogP contribution in [0, 0.1) is 30.6 Å². The van der Waals surface area contributed by atoms with E-state index < -0.39 is 0 Å². The van der Waals surface area contributed by atoms with Crippen molar-refractivity contribution < 1.29 is 14.4 Å². The summed E-state index contributed by atoms with van der Waals surface area (Å²) in [6.45, 7) is 2.09. The first kappa shape index (κ1) is 15.1. The number of amides is 3. The number of aryl methyl sites for hydroxylation is 1. The van der Waals surface area contributed by atoms with Crippen LogP contribution in [-0.4, -0.2) is 29.2 Å². The van der Waals surface area contributed by atoms with Gasteiger partial charge in [0.05, 0.1) is 11.8 Å². The molecule has 2 bridgehead atoms. The van der Waals surface area contributed by atoms with Crippen LogP contribution >= 0.6 is 0 Å². The van der Waals surface area contributed by atoms with E-state index in [-0.39, 0.29) is 54.4 Å². The summed E-state index contributed by atoms with van der Waals surface area (Å²) in [4.78, 5) is 38.6. The second-order valence-electron chi connectivity index (χ2n) is 6.94. The van der Waals surface area contributed by atoms with Crippen LogP contribution in [0.25, 0.3) is 0 Å². The minimum Gasteiger partial charge on any atom is -0.326 e. The molecule has 1 heterocycles. The highest BCUT2D eigenvalue weighted by atomic mass is 16.2. The molecule has 1 aliphatic heterocycles. The van der Waals surface area contributed by atoms with E-state index in [0.29, 0.717) is 0 Å². The van der Waals surface area contributed by atoms with Gasteiger partial charge in [-0.3, -0.25) is 19.3 Å². The van der Waals surface area contributed by atoms with Crippen LogP contribution in [0.5, 0.6) is 0 Å². The number of para-hydroxylation sites is 1. The molecule has 4 rings (SSSR count). The number of carbonyl (C=O) groups excluding carboxylic acids is 3. The van der Waals surface area contributed by atoms with Crippen molar-refractivity contribution in [3.8, 4) is 0 Å². The Morgan fingerprint density at radius 1 is 1.12 bits per heavy atom. The molecule has 3 aliphatic rings. The predicted molar refractivity (Wildman–Crippen MR) is 88.9 cm³/mol. The maximum atomic E-state index is 12.6. The zero-order valence-corrected chi connectivity index (χ0v) is 13.6. The number of hydrogen-bond acceptors (Lipinski definition) is 3. The molecule has 5 nitrogen and oxygen atoms in total. The van der Waals surface area contributed by atoms with Crippen LogP contribution in [0.3, 0.4) is 0 Å². The lowest BCUT2D eigenvalue weighted by molar-refractivity contribution is -0.140. The number of benzene rings is 1. The summed E-state index contributed by atoms with van der Waals surface area (Å²) in [6, 6.07) is 7.54. The average Bonchev–Trinajstić information content (AvgIpc) is 3.23. The van der Waals surface area contributed by atoms with Crippen molar-refractivity contribution in [2.75, 3.05) is 11.9 Å². The number of hydrogen-bond donors (Lipinski definition) is 1. The number of allylic oxidation sites excluding steroid dienone is 2. The molecule has 0 radical (unpaired) electrons. The number of anilines is 1. The van der Waals surface area contributed by atoms with Crippen LogP contribution < -0.4 is 5.32 Å². The van der Waals surface area contributed by atoms with Gasteiger partial charge < -0.3 is 5.32 Å². The minimum absolute atomic E-state index is 0.0921. The van der Waals surface area contributed by atoms with Crippen molar-refractivity contribution in [1.82, 2.24) is 4.90 Å². The highest BCUT2D eigenvalue weighted by molar-refractivity contribution is 6.06. The summed E-state index contributed by atoms with van der Waals surface area (Å²) in [5.41, 5.74) is 1.75. The first-order valence-corrected chi connectivity index (χ1v) is 8.45. The van der Waals surface area contributed by atoms with E-state index in [2.05, 4.69) is 17.5 Å². The van der Waals surface area contributed by atoms with Gasteiger partial charge in [-0.2, -0.15) is 0 Å². The van der Waals surface area contributed by atoms with Gasteiger partial charge in [-0.05, 0) is 36.8 Å². The Labute approximate surface area is 140 Å². The molecule has 124 valence electrons. The number of fused-ring (bicyclic) bond motifs is 5. The topological polar surface area (TPSA) is 66.5 Å². The molecule has 3 amide bonds. The molecule has 2 fully saturated rings. The highest BCUT2D eigenvalue weighted by Gasteiger charge is 2.58. The Kier molecular flexibility index (Phi) is 3.52. The maximum Gasteiger partial charge on any atom is 0.233 e. The standard InChI is InChI=1S/C19H20N2O3/c1-11-4-2-3-5-14(11)20-15(22)8-9-21-18(23)16-12-6-7-13(10-12)17(16)19(21)24/h2-7,12-13,16-17H,8-10H2,1H3,(H,20,22)/t12-,13-,16+,17+/m1/s1. The third-order valence-electron chi connectivity index (χ3n) is 5.54. The Morgan fingerprint density at radius 2 is 1.75 bits per heavy atom. The summed E-state index contributed by atoms with van der Waals surface area (Å²) < 4.78 is 0. The van der Waals surface area contributed by atoms with Gasteiger partial charge in [-0.15, -0.1) is 0 Å². The van der Waals surface area contributed by atoms with Gasteiger partial charge in [0.25, 0.3) is 0 Å². The molecule has 4 atom stereocenters. The van der Waals surface area contributed by atoms with Gasteiger partial charge >= 0.3 is 0 Å². The molecule has 1 aromatic carbocycles. The fourth-order valence-electron chi connectivity index (χ4n) is 4.32. The van der Waals surface area contributed by atoms with Crippen molar-refractivity contribution in [2.45, 2.75) is 19.8 Å². The Morgan fingerprint density at radius 3 is 2.38 bits per heavy atom. The number of rotatable bonds is 4. The van der Waals surface area contributed by atoms with Crippen molar-refractivity contribution >= 4 is 23.4 Å². The zero-order chi connectivity index (χ0) is 16.8. The largest absolute Gasteiger partial charge is 0.326 e. The molecule has 0 unspecified atom stereocenters. The number of likely N-dealkylation sites (tertiary alicyclic amines) is 1. The second kappa shape index (κ2) is 5.58. The van der Waals surface area contributed by atoms with Crippen LogP contribution in [-0.2, 0) is 14.4 Å². The highest BCUT2D eigenvalue weighted by Crippen LogP contribution is 2.52. The lowest BCUT2D eigenvalue weighted by Gasteiger charge is -2.17. The third-order valence-corrected chi connectivity index (χ3v) is 5.54. The van der Waals surface area contributed by atoms with E-state index in [1.54, 1.807) is 0 Å². The van der Waals surface area contributed by atoms with E-state index in [9.17, 15) is 14.4 Å². The van der Waals surface area contributed by atoms with E-state index in [1.807, 2.05) is 31.2 Å². The average molecular weight is 324 g/mol. The predicted octanol–water partition coefficient (Wildman–Crippen LogP) is 2.13. The molecule has 1 N–H and O–H groups in total. The molecular weight excluding hydrogens is 304 g/mol. The molecule has 1 saturated carbocycles. The number of nitrogens with one attached hydrogen (secondary N) is 1. The summed E-state index contributed by atoms with van der Waals surface area (Å²) in [7, 11) is 0. The van der Waals surface area contributed by atoms with Gasteiger partial charge in [0, 0.05) is 18.7 Å². The number of imide groups is 1. The first-order chi connectivity index (χ1) is 11.6. The summed E-state index contributed by atoms with van der Waals surface area (Å²) in [5, 5.41) is 2.84. The second-order valence-corrected chi connectivity index (χ2v) is 6.94. The Bertz CT molecular complexity index is 725. The monoisotopic (exact) mass is 324 g/mol. The van der Waals surface area contributed by atoms with E-state index in [4.69, 9.17) is 0 Å². The third kappa shape index (κ3) is 2.27. The fraction of sp³-hybridized carbons (Fsp3) is 0.421. The van der Waals surface area contributed by atoms with Crippen molar-refractivity contribution in [2.24, 2.45) is 23.7 Å². The lowest BCUT2D eigenvalue weighted by atomic mass is 9.85. The fourth-order valence-corrected chi connectivity index (χ4v) is 4.32. The van der Waals surface area contributed by atoms with E-state index >= 15 is 0 Å². The molecule has 1 aromatic rings. The Balaban J connectivity index is 1.38. The van der Waals surface area contributed by atoms with Crippen LogP contribution in [0.4, 0.5) is 5.69 Å². The number of carbonyl (C=O) groups is 3. The van der Waals surface area contributed by atoms with Crippen LogP contribution in [0.15, 0.2) is 36.4 Å². The van der Waals surface area contributed by atoms with Crippen LogP contribution in [0.1, 0.15) is 18.4 Å². The molecule has 0 aromatic heterocycles. The molecule has 24 heavy (non-hydrogen) atoms. The minimum atomic E-state index is -0.188. The van der Waals surface area contributed by atoms with Crippen molar-refractivity contribution in [3.05, 3.63) is 42.0 Å². The molecule has 1 saturated heterocycles. The summed E-state index contributed by atoms with van der Waals surface area (Å²) in [5.74, 6) is -0.317. The zero-order valence-electron chi connectivity index (χ0n) is 13.6. The van der Waals surface area contributed by atoms with E-state index in [0.717, 1.165) is 17.7 Å². The van der Waals surface area contributed by atoms with Gasteiger partial charge in [-0.1, -0.05) is 30.4 Å². The number of nitrogens with zero attached hydrogens (tertiary/aromatic N) is 1. The van der Waals surface area contributed by atoms with Crippen molar-refractivity contribution in [1.29, 1.82) is 0 Å². The lowest BCUT2D eigenvalue weighted by Crippen LogP contribution is -2.35. The van der Waals surface area contributed by atoms with Gasteiger partial charge in [0.1, 0.15) is 0 Å². The normalized spacial score (nSPS) is 30.1. The molecule has 0 spiro atoms. The van der Waals surface area contributed by atoms with Gasteiger partial charge in [-0.25, -0.2) is 0 Å². The maximum absolute atomic E-state index is 12.6. The SMILES string of the molecule is Cc1ccccc1NC(=O)CCN1C(=O)[C@@H]2[C@@H](C1=O)[C@@H]1C=C[C@@H]2C1.